The lowest BCUT2D eigenvalue weighted by Crippen LogP contribution is -2.40. The van der Waals surface area contributed by atoms with Crippen molar-refractivity contribution in [2.45, 2.75) is 51.3 Å². The van der Waals surface area contributed by atoms with Crippen molar-refractivity contribution in [3.8, 4) is 0 Å². The standard InChI is InChI=1S/C22H23BrClN3O2/c1-5-13-7-9-18(27(13)21(28)29-22(2,3)4)20-25-17-11-16(24)15-10-12(23)6-8-14(15)19(17)26-20/h5-6,8,10-11,13,18H,1,7,9H2,2-4H3,(H,25,26)/t13-,18+/m1/s1. The lowest BCUT2D eigenvalue weighted by Gasteiger charge is -2.30. The maximum Gasteiger partial charge on any atom is 0.411 e. The van der Waals surface area contributed by atoms with E-state index in [-0.39, 0.29) is 18.2 Å². The number of aromatic amines is 1. The molecule has 0 aliphatic carbocycles. The highest BCUT2D eigenvalue weighted by Crippen LogP contribution is 2.39. The fraction of sp³-hybridized carbons (Fsp3) is 0.364. The maximum absolute atomic E-state index is 12.9. The SMILES string of the molecule is C=C[C@@H]1CC[C@@H](c2nc3c(cc(Cl)c4cc(Br)ccc43)[nH]2)N1C(=O)OC(C)(C)C. The largest absolute Gasteiger partial charge is 0.444 e. The number of hydrogen-bond donors (Lipinski definition) is 1. The molecule has 2 atom stereocenters. The molecular formula is C22H23BrClN3O2. The van der Waals surface area contributed by atoms with Crippen molar-refractivity contribution in [2.75, 3.05) is 0 Å². The van der Waals surface area contributed by atoms with E-state index >= 15 is 0 Å². The summed E-state index contributed by atoms with van der Waals surface area (Å²) >= 11 is 10.0. The Labute approximate surface area is 183 Å². The summed E-state index contributed by atoms with van der Waals surface area (Å²) in [5.74, 6) is 0.738. The summed E-state index contributed by atoms with van der Waals surface area (Å²) in [6.07, 6.45) is 3.06. The number of ether oxygens (including phenoxy) is 1. The van der Waals surface area contributed by atoms with Crippen molar-refractivity contribution in [1.82, 2.24) is 14.9 Å². The molecule has 1 N–H and O–H groups in total. The third kappa shape index (κ3) is 3.76. The average Bonchev–Trinajstić information content (AvgIpc) is 3.24. The van der Waals surface area contributed by atoms with Crippen LogP contribution in [0.2, 0.25) is 5.02 Å². The van der Waals surface area contributed by atoms with Crippen LogP contribution < -0.4 is 0 Å². The molecule has 3 aromatic rings. The second-order valence-corrected chi connectivity index (χ2v) is 9.67. The van der Waals surface area contributed by atoms with Gasteiger partial charge in [0.05, 0.1) is 28.1 Å². The smallest absolute Gasteiger partial charge is 0.411 e. The Kier molecular flexibility index (Phi) is 5.11. The summed E-state index contributed by atoms with van der Waals surface area (Å²) in [6.45, 7) is 9.50. The lowest BCUT2D eigenvalue weighted by atomic mass is 10.1. The summed E-state index contributed by atoms with van der Waals surface area (Å²) in [5, 5.41) is 2.56. The van der Waals surface area contributed by atoms with Crippen molar-refractivity contribution in [1.29, 1.82) is 0 Å². The number of rotatable bonds is 2. The molecule has 5 nitrogen and oxygen atoms in total. The summed E-state index contributed by atoms with van der Waals surface area (Å²) in [4.78, 5) is 22.9. The minimum atomic E-state index is -0.569. The predicted octanol–water partition coefficient (Wildman–Crippen LogP) is 6.76. The van der Waals surface area contributed by atoms with Crippen LogP contribution in [0.15, 0.2) is 41.4 Å². The van der Waals surface area contributed by atoms with Crippen LogP contribution in [0.3, 0.4) is 0 Å². The first-order valence-electron chi connectivity index (χ1n) is 9.59. The molecule has 1 aliphatic heterocycles. The molecule has 7 heteroatoms. The number of amides is 1. The number of nitrogens with one attached hydrogen (secondary N) is 1. The molecule has 1 fully saturated rings. The van der Waals surface area contributed by atoms with Crippen LogP contribution in [0.1, 0.15) is 45.5 Å². The molecule has 152 valence electrons. The van der Waals surface area contributed by atoms with Crippen molar-refractivity contribution in [2.24, 2.45) is 0 Å². The number of likely N-dealkylation sites (tertiary alicyclic amines) is 1. The van der Waals surface area contributed by atoms with E-state index < -0.39 is 5.60 Å². The Morgan fingerprint density at radius 3 is 2.79 bits per heavy atom. The molecule has 4 rings (SSSR count). The van der Waals surface area contributed by atoms with Crippen molar-refractivity contribution < 1.29 is 9.53 Å². The predicted molar refractivity (Wildman–Crippen MR) is 120 cm³/mol. The fourth-order valence-electron chi connectivity index (χ4n) is 3.91. The van der Waals surface area contributed by atoms with E-state index in [4.69, 9.17) is 21.3 Å². The zero-order valence-electron chi connectivity index (χ0n) is 16.6. The number of carbonyl (C=O) groups is 1. The number of nitrogens with zero attached hydrogens (tertiary/aromatic N) is 2. The van der Waals surface area contributed by atoms with E-state index in [0.717, 1.165) is 44.9 Å². The number of aromatic nitrogens is 2. The Hall–Kier alpha value is -2.05. The van der Waals surface area contributed by atoms with Gasteiger partial charge in [-0.3, -0.25) is 4.90 Å². The second kappa shape index (κ2) is 7.33. The van der Waals surface area contributed by atoms with Crippen LogP contribution in [-0.4, -0.2) is 32.6 Å². The van der Waals surface area contributed by atoms with E-state index in [9.17, 15) is 4.79 Å². The zero-order valence-corrected chi connectivity index (χ0v) is 19.0. The van der Waals surface area contributed by atoms with Gasteiger partial charge in [-0.1, -0.05) is 39.7 Å². The highest BCUT2D eigenvalue weighted by molar-refractivity contribution is 9.10. The summed E-state index contributed by atoms with van der Waals surface area (Å²) < 4.78 is 6.61. The fourth-order valence-corrected chi connectivity index (χ4v) is 4.54. The highest BCUT2D eigenvalue weighted by atomic mass is 79.9. The molecule has 0 saturated carbocycles. The van der Waals surface area contributed by atoms with Gasteiger partial charge in [-0.2, -0.15) is 0 Å². The monoisotopic (exact) mass is 475 g/mol. The number of benzene rings is 2. The van der Waals surface area contributed by atoms with Crippen LogP contribution in [0, 0.1) is 0 Å². The molecule has 0 radical (unpaired) electrons. The number of halogens is 2. The highest BCUT2D eigenvalue weighted by Gasteiger charge is 2.40. The molecule has 1 amide bonds. The van der Waals surface area contributed by atoms with Crippen molar-refractivity contribution >= 4 is 55.4 Å². The van der Waals surface area contributed by atoms with Gasteiger partial charge < -0.3 is 9.72 Å². The number of fused-ring (bicyclic) bond motifs is 3. The summed E-state index contributed by atoms with van der Waals surface area (Å²) in [5.41, 5.74) is 1.13. The normalized spacial score (nSPS) is 19.8. The Morgan fingerprint density at radius 2 is 2.10 bits per heavy atom. The van der Waals surface area contributed by atoms with E-state index in [0.29, 0.717) is 5.02 Å². The maximum atomic E-state index is 12.9. The first kappa shape index (κ1) is 20.2. The van der Waals surface area contributed by atoms with E-state index in [2.05, 4.69) is 27.5 Å². The van der Waals surface area contributed by atoms with Crippen LogP contribution in [0.4, 0.5) is 4.79 Å². The minimum Gasteiger partial charge on any atom is -0.444 e. The van der Waals surface area contributed by atoms with Crippen molar-refractivity contribution in [3.63, 3.8) is 0 Å². The molecule has 2 heterocycles. The molecule has 1 aromatic heterocycles. The topological polar surface area (TPSA) is 58.2 Å². The van der Waals surface area contributed by atoms with E-state index in [1.54, 1.807) is 11.0 Å². The van der Waals surface area contributed by atoms with E-state index in [1.165, 1.54) is 0 Å². The Balaban J connectivity index is 1.79. The van der Waals surface area contributed by atoms with Crippen molar-refractivity contribution in [3.05, 3.63) is 52.2 Å². The van der Waals surface area contributed by atoms with Gasteiger partial charge in [0.25, 0.3) is 0 Å². The van der Waals surface area contributed by atoms with Gasteiger partial charge in [-0.15, -0.1) is 6.58 Å². The van der Waals surface area contributed by atoms with Gasteiger partial charge in [0, 0.05) is 15.2 Å². The summed E-state index contributed by atoms with van der Waals surface area (Å²) in [6, 6.07) is 7.57. The van der Waals surface area contributed by atoms with Gasteiger partial charge in [-0.25, -0.2) is 9.78 Å². The van der Waals surface area contributed by atoms with Gasteiger partial charge in [0.1, 0.15) is 11.4 Å². The number of hydrogen-bond acceptors (Lipinski definition) is 3. The molecular weight excluding hydrogens is 454 g/mol. The molecule has 1 saturated heterocycles. The summed E-state index contributed by atoms with van der Waals surface area (Å²) in [7, 11) is 0. The number of carbonyl (C=O) groups excluding carboxylic acids is 1. The average molecular weight is 477 g/mol. The van der Waals surface area contributed by atoms with Crippen LogP contribution in [0.5, 0.6) is 0 Å². The van der Waals surface area contributed by atoms with Crippen LogP contribution >= 0.6 is 27.5 Å². The van der Waals surface area contributed by atoms with Crippen LogP contribution in [-0.2, 0) is 4.74 Å². The first-order valence-corrected chi connectivity index (χ1v) is 10.8. The van der Waals surface area contributed by atoms with Gasteiger partial charge >= 0.3 is 6.09 Å². The third-order valence-corrected chi connectivity index (χ3v) is 5.94. The molecule has 0 unspecified atom stereocenters. The molecule has 29 heavy (non-hydrogen) atoms. The van der Waals surface area contributed by atoms with Gasteiger partial charge in [-0.05, 0) is 51.8 Å². The quantitative estimate of drug-likeness (QED) is 0.416. The Bertz CT molecular complexity index is 1120. The number of imidazole rings is 1. The molecule has 0 bridgehead atoms. The second-order valence-electron chi connectivity index (χ2n) is 8.35. The molecule has 2 aromatic carbocycles. The molecule has 0 spiro atoms. The zero-order chi connectivity index (χ0) is 20.9. The van der Waals surface area contributed by atoms with Gasteiger partial charge in [0.2, 0.25) is 0 Å². The first-order chi connectivity index (χ1) is 13.7. The van der Waals surface area contributed by atoms with Crippen LogP contribution in [0.25, 0.3) is 21.8 Å². The Morgan fingerprint density at radius 1 is 1.34 bits per heavy atom. The third-order valence-electron chi connectivity index (χ3n) is 5.14. The lowest BCUT2D eigenvalue weighted by molar-refractivity contribution is 0.0172. The van der Waals surface area contributed by atoms with Gasteiger partial charge in [0.15, 0.2) is 0 Å². The molecule has 1 aliphatic rings. The van der Waals surface area contributed by atoms with E-state index in [1.807, 2.05) is 45.0 Å². The minimum absolute atomic E-state index is 0.0839. The number of H-pyrrole nitrogens is 1.